The molecule has 1 saturated carbocycles. The zero-order valence-electron chi connectivity index (χ0n) is 10.7. The van der Waals surface area contributed by atoms with Gasteiger partial charge in [0.25, 0.3) is 0 Å². The Morgan fingerprint density at radius 2 is 2.00 bits per heavy atom. The van der Waals surface area contributed by atoms with Gasteiger partial charge in [0.1, 0.15) is 0 Å². The largest absolute Gasteiger partial charge is 0.367 e. The van der Waals surface area contributed by atoms with Crippen molar-refractivity contribution in [3.63, 3.8) is 0 Å². The van der Waals surface area contributed by atoms with Gasteiger partial charge in [0, 0.05) is 30.9 Å². The maximum atomic E-state index is 13.4. The van der Waals surface area contributed by atoms with Crippen molar-refractivity contribution >= 4 is 11.6 Å². The van der Waals surface area contributed by atoms with E-state index in [0.29, 0.717) is 11.4 Å². The van der Waals surface area contributed by atoms with Crippen molar-refractivity contribution in [1.82, 2.24) is 0 Å². The summed E-state index contributed by atoms with van der Waals surface area (Å²) in [5.74, 6) is -3.37. The second kappa shape index (κ2) is 5.73. The summed E-state index contributed by atoms with van der Waals surface area (Å²) in [6, 6.07) is 6.90. The molecule has 1 N–H and O–H groups in total. The van der Waals surface area contributed by atoms with Gasteiger partial charge in [-0.1, -0.05) is 23.7 Å². The number of halogens is 3. The zero-order valence-corrected chi connectivity index (χ0v) is 11.4. The summed E-state index contributed by atoms with van der Waals surface area (Å²) >= 11 is 5.82. The molecule has 0 amide bonds. The molecule has 1 aromatic rings. The Morgan fingerprint density at radius 1 is 1.37 bits per heavy atom. The first-order valence-corrected chi connectivity index (χ1v) is 6.65. The molecule has 19 heavy (non-hydrogen) atoms. The lowest BCUT2D eigenvalue weighted by Gasteiger charge is -2.28. The molecule has 2 nitrogen and oxygen atoms in total. The van der Waals surface area contributed by atoms with E-state index in [1.165, 1.54) is 7.11 Å². The van der Waals surface area contributed by atoms with Crippen LogP contribution >= 0.6 is 11.6 Å². The van der Waals surface area contributed by atoms with Gasteiger partial charge in [-0.05, 0) is 30.0 Å². The van der Waals surface area contributed by atoms with Gasteiger partial charge in [-0.25, -0.2) is 8.78 Å². The third-order valence-corrected chi connectivity index (χ3v) is 4.01. The molecule has 0 saturated heterocycles. The fraction of sp³-hybridized carbons (Fsp3) is 0.571. The van der Waals surface area contributed by atoms with Gasteiger partial charge in [0.2, 0.25) is 5.92 Å². The van der Waals surface area contributed by atoms with Crippen molar-refractivity contribution in [2.75, 3.05) is 7.11 Å². The first-order valence-electron chi connectivity index (χ1n) is 6.27. The van der Waals surface area contributed by atoms with E-state index in [0.717, 1.165) is 5.56 Å². The van der Waals surface area contributed by atoms with E-state index < -0.39 is 18.1 Å². The summed E-state index contributed by atoms with van der Waals surface area (Å²) in [4.78, 5) is 0. The summed E-state index contributed by atoms with van der Waals surface area (Å²) in [5, 5.41) is 10.5. The zero-order chi connectivity index (χ0) is 14.0. The number of ether oxygens (including phenoxy) is 1. The SMILES string of the molecule is COC(O)C(c1ccc(Cl)cc1)C1CCC(F)(F)C1. The Balaban J connectivity index is 2.24. The molecule has 0 radical (unpaired) electrons. The molecule has 1 aromatic carbocycles. The third-order valence-electron chi connectivity index (χ3n) is 3.75. The summed E-state index contributed by atoms with van der Waals surface area (Å²) in [6.07, 6.45) is -1.03. The van der Waals surface area contributed by atoms with Gasteiger partial charge in [-0.3, -0.25) is 0 Å². The van der Waals surface area contributed by atoms with E-state index in [-0.39, 0.29) is 18.8 Å². The van der Waals surface area contributed by atoms with Crippen molar-refractivity contribution < 1.29 is 18.6 Å². The average molecular weight is 291 g/mol. The Morgan fingerprint density at radius 3 is 2.47 bits per heavy atom. The smallest absolute Gasteiger partial charge is 0.248 e. The molecule has 1 aliphatic rings. The molecular weight excluding hydrogens is 274 g/mol. The fourth-order valence-electron chi connectivity index (χ4n) is 2.79. The predicted octanol–water partition coefficient (Wildman–Crippen LogP) is 3.82. The van der Waals surface area contributed by atoms with Crippen LogP contribution in [0.1, 0.15) is 30.7 Å². The molecule has 0 spiro atoms. The second-order valence-electron chi connectivity index (χ2n) is 5.06. The summed E-state index contributed by atoms with van der Waals surface area (Å²) in [5.41, 5.74) is 0.779. The first-order chi connectivity index (χ1) is 8.93. The van der Waals surface area contributed by atoms with Gasteiger partial charge in [0.15, 0.2) is 6.29 Å². The number of alkyl halides is 2. The predicted molar refractivity (Wildman–Crippen MR) is 69.5 cm³/mol. The average Bonchev–Trinajstić information content (AvgIpc) is 2.72. The van der Waals surface area contributed by atoms with E-state index >= 15 is 0 Å². The van der Waals surface area contributed by atoms with Crippen LogP contribution in [0.5, 0.6) is 0 Å². The van der Waals surface area contributed by atoms with Gasteiger partial charge in [-0.2, -0.15) is 0 Å². The molecule has 2 rings (SSSR count). The molecule has 5 heteroatoms. The van der Waals surface area contributed by atoms with Crippen LogP contribution in [0.2, 0.25) is 5.02 Å². The van der Waals surface area contributed by atoms with Crippen LogP contribution < -0.4 is 0 Å². The monoisotopic (exact) mass is 290 g/mol. The lowest BCUT2D eigenvalue weighted by atomic mass is 9.84. The standard InChI is InChI=1S/C14H17ClF2O2/c1-19-13(18)12(9-2-4-11(15)5-3-9)10-6-7-14(16,17)8-10/h2-5,10,12-13,18H,6-8H2,1H3. The van der Waals surface area contributed by atoms with Gasteiger partial charge in [-0.15, -0.1) is 0 Å². The normalized spacial score (nSPS) is 25.2. The van der Waals surface area contributed by atoms with E-state index in [1.54, 1.807) is 24.3 Å². The van der Waals surface area contributed by atoms with Crippen LogP contribution in [-0.2, 0) is 4.74 Å². The van der Waals surface area contributed by atoms with Crippen molar-refractivity contribution in [3.05, 3.63) is 34.9 Å². The fourth-order valence-corrected chi connectivity index (χ4v) is 2.92. The summed E-state index contributed by atoms with van der Waals surface area (Å²) in [7, 11) is 1.38. The Kier molecular flexibility index (Phi) is 4.43. The second-order valence-corrected chi connectivity index (χ2v) is 5.50. The van der Waals surface area contributed by atoms with Crippen LogP contribution in [0.4, 0.5) is 8.78 Å². The molecule has 1 aliphatic carbocycles. The molecule has 0 aromatic heterocycles. The maximum absolute atomic E-state index is 13.4. The van der Waals surface area contributed by atoms with Crippen molar-refractivity contribution in [2.45, 2.75) is 37.4 Å². The molecule has 3 atom stereocenters. The van der Waals surface area contributed by atoms with E-state index in [4.69, 9.17) is 16.3 Å². The molecule has 0 heterocycles. The lowest BCUT2D eigenvalue weighted by Crippen LogP contribution is -2.27. The van der Waals surface area contributed by atoms with Crippen molar-refractivity contribution in [2.24, 2.45) is 5.92 Å². The minimum Gasteiger partial charge on any atom is -0.367 e. The minimum atomic E-state index is -2.64. The number of rotatable bonds is 4. The molecule has 0 bridgehead atoms. The van der Waals surface area contributed by atoms with Gasteiger partial charge >= 0.3 is 0 Å². The maximum Gasteiger partial charge on any atom is 0.248 e. The Bertz CT molecular complexity index is 422. The topological polar surface area (TPSA) is 29.5 Å². The molecule has 0 aliphatic heterocycles. The van der Waals surface area contributed by atoms with Crippen LogP contribution in [0.15, 0.2) is 24.3 Å². The number of hydrogen-bond donors (Lipinski definition) is 1. The Labute approximate surface area is 116 Å². The highest BCUT2D eigenvalue weighted by Gasteiger charge is 2.44. The van der Waals surface area contributed by atoms with Crippen LogP contribution in [0.3, 0.4) is 0 Å². The van der Waals surface area contributed by atoms with Crippen molar-refractivity contribution in [1.29, 1.82) is 0 Å². The lowest BCUT2D eigenvalue weighted by molar-refractivity contribution is -0.105. The molecule has 106 valence electrons. The van der Waals surface area contributed by atoms with Crippen LogP contribution in [0, 0.1) is 5.92 Å². The highest BCUT2D eigenvalue weighted by Crippen LogP contribution is 2.46. The molecular formula is C14H17ClF2O2. The van der Waals surface area contributed by atoms with Gasteiger partial charge in [0.05, 0.1) is 0 Å². The van der Waals surface area contributed by atoms with E-state index in [9.17, 15) is 13.9 Å². The van der Waals surface area contributed by atoms with E-state index in [2.05, 4.69) is 0 Å². The number of methoxy groups -OCH3 is 1. The van der Waals surface area contributed by atoms with Gasteiger partial charge < -0.3 is 9.84 Å². The van der Waals surface area contributed by atoms with Crippen LogP contribution in [0.25, 0.3) is 0 Å². The molecule has 1 fully saturated rings. The highest BCUT2D eigenvalue weighted by molar-refractivity contribution is 6.30. The van der Waals surface area contributed by atoms with Crippen molar-refractivity contribution in [3.8, 4) is 0 Å². The van der Waals surface area contributed by atoms with E-state index in [1.807, 2.05) is 0 Å². The third kappa shape index (κ3) is 3.44. The minimum absolute atomic E-state index is 0.127. The summed E-state index contributed by atoms with van der Waals surface area (Å²) in [6.45, 7) is 0. The highest BCUT2D eigenvalue weighted by atomic mass is 35.5. The quantitative estimate of drug-likeness (QED) is 0.854. The molecule has 3 unspecified atom stereocenters. The first kappa shape index (κ1) is 14.7. The number of hydrogen-bond acceptors (Lipinski definition) is 2. The number of aliphatic hydroxyl groups is 1. The summed E-state index contributed by atoms with van der Waals surface area (Å²) < 4.78 is 31.7. The Hall–Kier alpha value is -0.710. The van der Waals surface area contributed by atoms with Crippen LogP contribution in [-0.4, -0.2) is 24.4 Å². The number of aliphatic hydroxyl groups excluding tert-OH is 1. The number of benzene rings is 1.